The van der Waals surface area contributed by atoms with Crippen LogP contribution in [0, 0.1) is 11.8 Å². The largest absolute Gasteiger partial charge is 0.413 e. The number of Topliss-reactive ketones (excluding diaryl/α,β-unsaturated/α-hetero) is 1. The Kier molecular flexibility index (Phi) is 3.68. The summed E-state index contributed by atoms with van der Waals surface area (Å²) in [5.41, 5.74) is 0. The second kappa shape index (κ2) is 4.47. The molecule has 2 aliphatic rings. The van der Waals surface area contributed by atoms with Crippen molar-refractivity contribution in [1.82, 2.24) is 0 Å². The molecule has 2 rings (SSSR count). The van der Waals surface area contributed by atoms with E-state index in [0.29, 0.717) is 6.42 Å². The maximum absolute atomic E-state index is 11.9. The summed E-state index contributed by atoms with van der Waals surface area (Å²) in [6.45, 7) is 11.0. The molecule has 2 unspecified atom stereocenters. The first-order valence-electron chi connectivity index (χ1n) is 6.55. The summed E-state index contributed by atoms with van der Waals surface area (Å²) >= 11 is 12.4. The normalized spacial score (nSPS) is 40.6. The number of halogens is 2. The van der Waals surface area contributed by atoms with Crippen molar-refractivity contribution >= 4 is 37.3 Å². The van der Waals surface area contributed by atoms with Gasteiger partial charge in [0, 0.05) is 18.3 Å². The van der Waals surface area contributed by atoms with Crippen molar-refractivity contribution in [2.45, 2.75) is 62.2 Å². The van der Waals surface area contributed by atoms with E-state index in [1.54, 1.807) is 0 Å². The lowest BCUT2D eigenvalue weighted by molar-refractivity contribution is -0.122. The van der Waals surface area contributed by atoms with Crippen LogP contribution in [0.4, 0.5) is 0 Å². The Bertz CT molecular complexity index is 364. The van der Waals surface area contributed by atoms with E-state index in [-0.39, 0.29) is 39.5 Å². The van der Waals surface area contributed by atoms with E-state index in [1.165, 1.54) is 0 Å². The van der Waals surface area contributed by atoms with Crippen LogP contribution < -0.4 is 0 Å². The molecule has 0 bridgehead atoms. The van der Waals surface area contributed by atoms with Gasteiger partial charge >= 0.3 is 0 Å². The van der Waals surface area contributed by atoms with Gasteiger partial charge in [-0.1, -0.05) is 20.8 Å². The second-order valence-electron chi connectivity index (χ2n) is 7.08. The minimum absolute atomic E-state index is 0.0131. The monoisotopic (exact) mass is 308 g/mol. The Labute approximate surface area is 120 Å². The van der Waals surface area contributed by atoms with Gasteiger partial charge in [0.15, 0.2) is 8.32 Å². The van der Waals surface area contributed by atoms with Gasteiger partial charge in [-0.3, -0.25) is 4.79 Å². The van der Waals surface area contributed by atoms with Crippen molar-refractivity contribution in [1.29, 1.82) is 0 Å². The number of alkyl halides is 2. The van der Waals surface area contributed by atoms with Crippen LogP contribution in [0.15, 0.2) is 0 Å². The van der Waals surface area contributed by atoms with E-state index < -0.39 is 8.32 Å². The lowest BCUT2D eigenvalue weighted by atomic mass is 9.74. The lowest BCUT2D eigenvalue weighted by Crippen LogP contribution is -2.55. The molecule has 0 saturated heterocycles. The van der Waals surface area contributed by atoms with Crippen LogP contribution in [0.5, 0.6) is 0 Å². The molecule has 104 valence electrons. The quantitative estimate of drug-likeness (QED) is 0.573. The highest BCUT2D eigenvalue weighted by Crippen LogP contribution is 2.53. The summed E-state index contributed by atoms with van der Waals surface area (Å²) in [5.74, 6) is 0.306. The van der Waals surface area contributed by atoms with Crippen molar-refractivity contribution < 1.29 is 9.22 Å². The maximum Gasteiger partial charge on any atom is 0.192 e. The summed E-state index contributed by atoms with van der Waals surface area (Å²) < 4.78 is 6.36. The summed E-state index contributed by atoms with van der Waals surface area (Å²) in [5, 5.41) is -0.157. The molecule has 0 spiro atoms. The minimum Gasteiger partial charge on any atom is -0.413 e. The fraction of sp³-hybridized carbons (Fsp3) is 0.923. The summed E-state index contributed by atoms with van der Waals surface area (Å²) in [6.07, 6.45) is 0.481. The SMILES string of the molecule is CC(C)(C)[Si](C)(C)O[C@H]1CC(=O)[C@H]2C(Cl)C(Cl)[C@@H]12. The molecular weight excluding hydrogens is 287 g/mol. The summed E-state index contributed by atoms with van der Waals surface area (Å²) in [7, 11) is -1.84. The zero-order valence-electron chi connectivity index (χ0n) is 11.7. The molecule has 0 heterocycles. The van der Waals surface area contributed by atoms with E-state index in [1.807, 2.05) is 0 Å². The average Bonchev–Trinajstić information content (AvgIpc) is 2.48. The molecule has 0 aromatic carbocycles. The Balaban J connectivity index is 2.11. The first kappa shape index (κ1) is 14.8. The molecule has 0 aliphatic heterocycles. The Morgan fingerprint density at radius 3 is 2.28 bits per heavy atom. The fourth-order valence-electron chi connectivity index (χ4n) is 2.65. The van der Waals surface area contributed by atoms with Crippen molar-refractivity contribution in [2.75, 3.05) is 0 Å². The van der Waals surface area contributed by atoms with E-state index >= 15 is 0 Å². The smallest absolute Gasteiger partial charge is 0.192 e. The average molecular weight is 309 g/mol. The highest BCUT2D eigenvalue weighted by atomic mass is 35.5. The van der Waals surface area contributed by atoms with Crippen LogP contribution in [0.2, 0.25) is 18.1 Å². The number of rotatable bonds is 2. The predicted molar refractivity (Wildman–Crippen MR) is 78.0 cm³/mol. The highest BCUT2D eigenvalue weighted by molar-refractivity contribution is 6.74. The molecule has 2 nitrogen and oxygen atoms in total. The molecule has 0 amide bonds. The molecular formula is C13H22Cl2O2Si. The Morgan fingerprint density at radius 1 is 1.22 bits per heavy atom. The number of carbonyl (C=O) groups is 1. The van der Waals surface area contributed by atoms with Gasteiger partial charge in [0.05, 0.1) is 16.9 Å². The van der Waals surface area contributed by atoms with Gasteiger partial charge in [-0.25, -0.2) is 0 Å². The van der Waals surface area contributed by atoms with E-state index in [4.69, 9.17) is 27.6 Å². The van der Waals surface area contributed by atoms with Crippen molar-refractivity contribution in [2.24, 2.45) is 11.8 Å². The van der Waals surface area contributed by atoms with Crippen LogP contribution in [-0.2, 0) is 9.22 Å². The van der Waals surface area contributed by atoms with Crippen molar-refractivity contribution in [3.63, 3.8) is 0 Å². The van der Waals surface area contributed by atoms with Gasteiger partial charge in [-0.05, 0) is 18.1 Å². The molecule has 2 saturated carbocycles. The van der Waals surface area contributed by atoms with Crippen LogP contribution >= 0.6 is 23.2 Å². The zero-order valence-corrected chi connectivity index (χ0v) is 14.2. The summed E-state index contributed by atoms with van der Waals surface area (Å²) in [4.78, 5) is 11.9. The third kappa shape index (κ3) is 2.17. The second-order valence-corrected chi connectivity index (χ2v) is 12.8. The third-order valence-corrected chi connectivity index (χ3v) is 10.6. The number of hydrogen-bond donors (Lipinski definition) is 0. The number of ketones is 1. The van der Waals surface area contributed by atoms with Gasteiger partial charge < -0.3 is 4.43 Å². The third-order valence-electron chi connectivity index (χ3n) is 4.89. The molecule has 5 heteroatoms. The van der Waals surface area contributed by atoms with Gasteiger partial charge in [0.25, 0.3) is 0 Å². The fourth-order valence-corrected chi connectivity index (χ4v) is 4.95. The molecule has 18 heavy (non-hydrogen) atoms. The minimum atomic E-state index is -1.84. The van der Waals surface area contributed by atoms with E-state index in [9.17, 15) is 4.79 Å². The molecule has 0 N–H and O–H groups in total. The standard InChI is InChI=1S/C13H22Cl2O2Si/c1-13(2,3)18(4,5)17-8-6-7(16)9-10(8)12(15)11(9)14/h8-12H,6H2,1-5H3/t8-,9+,10-,11?,12?/m0/s1. The maximum atomic E-state index is 11.9. The summed E-state index contributed by atoms with van der Waals surface area (Å²) in [6, 6.07) is 0. The number of fused-ring (bicyclic) bond motifs is 1. The topological polar surface area (TPSA) is 26.3 Å². The van der Waals surface area contributed by atoms with Crippen LogP contribution in [0.1, 0.15) is 27.2 Å². The number of hydrogen-bond acceptors (Lipinski definition) is 2. The molecule has 2 fully saturated rings. The van der Waals surface area contributed by atoms with Crippen LogP contribution in [-0.4, -0.2) is 31.0 Å². The van der Waals surface area contributed by atoms with Gasteiger partial charge in [-0.15, -0.1) is 23.2 Å². The van der Waals surface area contributed by atoms with Crippen molar-refractivity contribution in [3.8, 4) is 0 Å². The molecule has 0 aromatic rings. The Hall–Kier alpha value is 0.427. The number of carbonyl (C=O) groups excluding carboxylic acids is 1. The van der Waals surface area contributed by atoms with E-state index in [0.717, 1.165) is 0 Å². The molecule has 5 atom stereocenters. The lowest BCUT2D eigenvalue weighted by Gasteiger charge is -2.46. The Morgan fingerprint density at radius 2 is 1.78 bits per heavy atom. The van der Waals surface area contributed by atoms with Crippen LogP contribution in [0.3, 0.4) is 0 Å². The van der Waals surface area contributed by atoms with Crippen molar-refractivity contribution in [3.05, 3.63) is 0 Å². The van der Waals surface area contributed by atoms with Gasteiger partial charge in [-0.2, -0.15) is 0 Å². The predicted octanol–water partition coefficient (Wildman–Crippen LogP) is 3.81. The van der Waals surface area contributed by atoms with Crippen LogP contribution in [0.25, 0.3) is 0 Å². The van der Waals surface area contributed by atoms with Gasteiger partial charge in [0.2, 0.25) is 0 Å². The first-order valence-corrected chi connectivity index (χ1v) is 10.3. The molecule has 2 aliphatic carbocycles. The highest BCUT2D eigenvalue weighted by Gasteiger charge is 2.61. The zero-order chi connectivity index (χ0) is 13.9. The molecule has 0 aromatic heterocycles. The first-order chi connectivity index (χ1) is 8.06. The van der Waals surface area contributed by atoms with Gasteiger partial charge in [0.1, 0.15) is 5.78 Å². The molecule has 0 radical (unpaired) electrons. The van der Waals surface area contributed by atoms with E-state index in [2.05, 4.69) is 33.9 Å².